The second-order valence-corrected chi connectivity index (χ2v) is 7.85. The molecule has 0 radical (unpaired) electrons. The number of para-hydroxylation sites is 1. The summed E-state index contributed by atoms with van der Waals surface area (Å²) in [6, 6.07) is 15.3. The Kier molecular flexibility index (Phi) is 6.62. The summed E-state index contributed by atoms with van der Waals surface area (Å²) >= 11 is 1.81. The van der Waals surface area contributed by atoms with E-state index in [1.54, 1.807) is 31.4 Å². The highest BCUT2D eigenvalue weighted by atomic mass is 32.2. The normalized spacial score (nSPS) is 16.2. The van der Waals surface area contributed by atoms with Gasteiger partial charge < -0.3 is 14.4 Å². The Balaban J connectivity index is 1.79. The molecule has 5 nitrogen and oxygen atoms in total. The van der Waals surface area contributed by atoms with Crippen LogP contribution in [0.1, 0.15) is 18.9 Å². The fraction of sp³-hybridized carbons (Fsp3) is 0.273. The number of methoxy groups -OCH3 is 1. The number of hydrogen-bond donors (Lipinski definition) is 0. The van der Waals surface area contributed by atoms with E-state index in [1.807, 2.05) is 47.0 Å². The maximum absolute atomic E-state index is 12.9. The highest BCUT2D eigenvalue weighted by molar-refractivity contribution is 8.00. The second kappa shape index (κ2) is 9.34. The number of hydrogen-bond acceptors (Lipinski definition) is 5. The molecule has 0 fully saturated rings. The molecule has 0 N–H and O–H groups in total. The molecule has 1 atom stereocenters. The molecule has 0 aromatic heterocycles. The fourth-order valence-electron chi connectivity index (χ4n) is 2.99. The highest BCUT2D eigenvalue weighted by Crippen LogP contribution is 2.37. The lowest BCUT2D eigenvalue weighted by Crippen LogP contribution is -2.30. The van der Waals surface area contributed by atoms with E-state index >= 15 is 0 Å². The Morgan fingerprint density at radius 3 is 2.93 bits per heavy atom. The largest absolute Gasteiger partial charge is 0.493 e. The van der Waals surface area contributed by atoms with Crippen molar-refractivity contribution in [1.82, 2.24) is 0 Å². The average Bonchev–Trinajstić information content (AvgIpc) is 2.88. The number of fused-ring (bicyclic) bond motifs is 1. The first-order chi connectivity index (χ1) is 13.6. The van der Waals surface area contributed by atoms with Crippen LogP contribution in [-0.4, -0.2) is 31.4 Å². The zero-order valence-electron chi connectivity index (χ0n) is 15.9. The predicted octanol–water partition coefficient (Wildman–Crippen LogP) is 4.53. The van der Waals surface area contributed by atoms with E-state index in [2.05, 4.69) is 13.0 Å². The number of nitrogens with zero attached hydrogens (tertiary/aromatic N) is 2. The molecule has 1 heterocycles. The van der Waals surface area contributed by atoms with E-state index in [9.17, 15) is 4.79 Å². The van der Waals surface area contributed by atoms with Crippen molar-refractivity contribution in [2.24, 2.45) is 0 Å². The fourth-order valence-corrected chi connectivity index (χ4v) is 4.10. The van der Waals surface area contributed by atoms with Crippen molar-refractivity contribution in [2.75, 3.05) is 25.2 Å². The molecule has 0 saturated carbocycles. The maximum Gasteiger partial charge on any atom is 0.251 e. The lowest BCUT2D eigenvalue weighted by atomic mass is 10.1. The van der Waals surface area contributed by atoms with Crippen molar-refractivity contribution < 1.29 is 14.3 Å². The molecular weight excluding hydrogens is 372 g/mol. The number of carbonyl (C=O) groups is 1. The van der Waals surface area contributed by atoms with Crippen LogP contribution in [0.5, 0.6) is 11.5 Å². The van der Waals surface area contributed by atoms with E-state index < -0.39 is 0 Å². The van der Waals surface area contributed by atoms with E-state index in [4.69, 9.17) is 14.7 Å². The van der Waals surface area contributed by atoms with Crippen LogP contribution >= 0.6 is 11.8 Å². The van der Waals surface area contributed by atoms with Gasteiger partial charge in [0.25, 0.3) is 5.91 Å². The van der Waals surface area contributed by atoms with Gasteiger partial charge in [-0.05, 0) is 42.3 Å². The van der Waals surface area contributed by atoms with Crippen LogP contribution in [0.25, 0.3) is 6.08 Å². The molecule has 0 spiro atoms. The summed E-state index contributed by atoms with van der Waals surface area (Å²) < 4.78 is 10.6. The van der Waals surface area contributed by atoms with Gasteiger partial charge >= 0.3 is 0 Å². The molecule has 0 aliphatic carbocycles. The molecule has 144 valence electrons. The number of anilines is 1. The standard InChI is InChI=1S/C22H22N2O3S/c1-16-11-13-24(18-5-3-4-6-21(18)28-16)22(25)10-8-17-7-9-19(27-14-12-23)20(15-17)26-2/h3-10,15-16H,11,13-14H2,1-2H3/b10-8+. The van der Waals surface area contributed by atoms with E-state index in [0.717, 1.165) is 22.6 Å². The minimum Gasteiger partial charge on any atom is -0.493 e. The van der Waals surface area contributed by atoms with Gasteiger partial charge in [-0.3, -0.25) is 4.79 Å². The van der Waals surface area contributed by atoms with Crippen LogP contribution in [0.2, 0.25) is 0 Å². The Hall–Kier alpha value is -2.91. The number of ether oxygens (including phenoxy) is 2. The molecule has 28 heavy (non-hydrogen) atoms. The zero-order valence-corrected chi connectivity index (χ0v) is 16.7. The summed E-state index contributed by atoms with van der Waals surface area (Å²) in [5, 5.41) is 9.12. The number of benzene rings is 2. The van der Waals surface area contributed by atoms with Crippen molar-refractivity contribution >= 4 is 29.4 Å². The molecule has 6 heteroatoms. The summed E-state index contributed by atoms with van der Waals surface area (Å²) in [6.07, 6.45) is 4.29. The lowest BCUT2D eigenvalue weighted by molar-refractivity contribution is -0.114. The van der Waals surface area contributed by atoms with Crippen LogP contribution in [0.4, 0.5) is 5.69 Å². The first kappa shape index (κ1) is 19.8. The first-order valence-corrected chi connectivity index (χ1v) is 9.93. The summed E-state index contributed by atoms with van der Waals surface area (Å²) in [4.78, 5) is 15.9. The van der Waals surface area contributed by atoms with Gasteiger partial charge in [0.1, 0.15) is 6.07 Å². The van der Waals surface area contributed by atoms with Gasteiger partial charge in [-0.1, -0.05) is 25.1 Å². The molecule has 1 aliphatic heterocycles. The van der Waals surface area contributed by atoms with E-state index in [1.165, 1.54) is 0 Å². The zero-order chi connectivity index (χ0) is 19.9. The van der Waals surface area contributed by atoms with E-state index in [0.29, 0.717) is 23.3 Å². The molecular formula is C22H22N2O3S. The van der Waals surface area contributed by atoms with Crippen molar-refractivity contribution in [2.45, 2.75) is 23.5 Å². The summed E-state index contributed by atoms with van der Waals surface area (Å²) in [5.74, 6) is 0.973. The van der Waals surface area contributed by atoms with Gasteiger partial charge in [-0.15, -0.1) is 11.8 Å². The summed E-state index contributed by atoms with van der Waals surface area (Å²) in [7, 11) is 1.54. The third kappa shape index (κ3) is 4.68. The van der Waals surface area contributed by atoms with Crippen molar-refractivity contribution in [3.8, 4) is 17.6 Å². The van der Waals surface area contributed by atoms with Crippen molar-refractivity contribution in [3.63, 3.8) is 0 Å². The molecule has 2 aromatic carbocycles. The number of amides is 1. The number of carbonyl (C=O) groups excluding carboxylic acids is 1. The summed E-state index contributed by atoms with van der Waals surface area (Å²) in [6.45, 7) is 2.83. The maximum atomic E-state index is 12.9. The molecule has 2 aromatic rings. The quantitative estimate of drug-likeness (QED) is 0.697. The molecule has 1 amide bonds. The van der Waals surface area contributed by atoms with Gasteiger partial charge in [0, 0.05) is 22.8 Å². The smallest absolute Gasteiger partial charge is 0.251 e. The topological polar surface area (TPSA) is 62.6 Å². The Labute approximate surface area is 169 Å². The Morgan fingerprint density at radius 1 is 1.32 bits per heavy atom. The predicted molar refractivity (Wildman–Crippen MR) is 112 cm³/mol. The average molecular weight is 394 g/mol. The first-order valence-electron chi connectivity index (χ1n) is 9.05. The third-order valence-corrected chi connectivity index (χ3v) is 5.64. The van der Waals surface area contributed by atoms with E-state index in [-0.39, 0.29) is 12.5 Å². The number of thioether (sulfide) groups is 1. The van der Waals surface area contributed by atoms with Gasteiger partial charge in [0.2, 0.25) is 0 Å². The number of rotatable bonds is 5. The van der Waals surface area contributed by atoms with Gasteiger partial charge in [-0.25, -0.2) is 0 Å². The van der Waals surface area contributed by atoms with Crippen LogP contribution < -0.4 is 14.4 Å². The third-order valence-electron chi connectivity index (χ3n) is 4.41. The minimum atomic E-state index is -0.0501. The summed E-state index contributed by atoms with van der Waals surface area (Å²) in [5.41, 5.74) is 1.78. The highest BCUT2D eigenvalue weighted by Gasteiger charge is 2.22. The molecule has 1 unspecified atom stereocenters. The SMILES string of the molecule is COc1cc(/C=C/C(=O)N2CCC(C)Sc3ccccc32)ccc1OCC#N. The second-order valence-electron chi connectivity index (χ2n) is 6.37. The van der Waals surface area contributed by atoms with Gasteiger partial charge in [0.05, 0.1) is 12.8 Å². The van der Waals surface area contributed by atoms with Crippen LogP contribution in [0, 0.1) is 11.3 Å². The molecule has 3 rings (SSSR count). The van der Waals surface area contributed by atoms with Crippen LogP contribution in [-0.2, 0) is 4.79 Å². The monoisotopic (exact) mass is 394 g/mol. The van der Waals surface area contributed by atoms with Gasteiger partial charge in [-0.2, -0.15) is 5.26 Å². The van der Waals surface area contributed by atoms with Crippen molar-refractivity contribution in [3.05, 3.63) is 54.1 Å². The Bertz CT molecular complexity index is 920. The minimum absolute atomic E-state index is 0.0468. The van der Waals surface area contributed by atoms with Crippen LogP contribution in [0.15, 0.2) is 53.4 Å². The number of nitriles is 1. The molecule has 1 aliphatic rings. The Morgan fingerprint density at radius 2 is 2.14 bits per heavy atom. The molecule has 0 bridgehead atoms. The van der Waals surface area contributed by atoms with Crippen LogP contribution in [0.3, 0.4) is 0 Å². The molecule has 0 saturated heterocycles. The van der Waals surface area contributed by atoms with Crippen molar-refractivity contribution in [1.29, 1.82) is 5.26 Å². The van der Waals surface area contributed by atoms with Gasteiger partial charge in [0.15, 0.2) is 18.1 Å². The lowest BCUT2D eigenvalue weighted by Gasteiger charge is -2.20.